The Morgan fingerprint density at radius 2 is 2.00 bits per heavy atom. The van der Waals surface area contributed by atoms with Gasteiger partial charge in [0.05, 0.1) is 0 Å². The molecule has 0 aliphatic heterocycles. The summed E-state index contributed by atoms with van der Waals surface area (Å²) in [5.41, 5.74) is 8.20. The highest BCUT2D eigenvalue weighted by atomic mass is 28.3. The average Bonchev–Trinajstić information content (AvgIpc) is 1.81. The molecule has 3 N–H and O–H groups in total. The summed E-state index contributed by atoms with van der Waals surface area (Å²) >= 11 is 0. The van der Waals surface area contributed by atoms with E-state index in [4.69, 9.17) is 10.8 Å². The van der Waals surface area contributed by atoms with Gasteiger partial charge in [-0.05, 0) is 0 Å². The molecule has 2 nitrogen and oxygen atoms in total. The summed E-state index contributed by atoms with van der Waals surface area (Å²) in [5.74, 6) is 2.71. The second-order valence-corrected chi connectivity index (χ2v) is 8.02. The second-order valence-electron chi connectivity index (χ2n) is 3.27. The van der Waals surface area contributed by atoms with Crippen LogP contribution in [-0.4, -0.2) is 25.8 Å². The first kappa shape index (κ1) is 9.70. The minimum absolute atomic E-state index is 0.234. The van der Waals surface area contributed by atoms with Crippen molar-refractivity contribution in [2.75, 3.05) is 6.54 Å². The zero-order valence-corrected chi connectivity index (χ0v) is 7.81. The van der Waals surface area contributed by atoms with Crippen molar-refractivity contribution in [3.63, 3.8) is 0 Å². The van der Waals surface area contributed by atoms with E-state index in [-0.39, 0.29) is 6.54 Å². The van der Waals surface area contributed by atoms with Crippen molar-refractivity contribution >= 4 is 8.07 Å². The first-order chi connectivity index (χ1) is 4.45. The number of nitrogens with two attached hydrogens (primary N) is 1. The molecule has 1 atom stereocenters. The summed E-state index contributed by atoms with van der Waals surface area (Å²) in [6.07, 6.45) is -0.633. The lowest BCUT2D eigenvalue weighted by molar-refractivity contribution is 0.241. The van der Waals surface area contributed by atoms with Gasteiger partial charge in [0.25, 0.3) is 0 Å². The minimum atomic E-state index is -1.31. The molecule has 0 aromatic heterocycles. The molecule has 0 radical (unpaired) electrons. The molecule has 0 amide bonds. The number of aliphatic hydroxyl groups excluding tert-OH is 1. The molecule has 0 rings (SSSR count). The van der Waals surface area contributed by atoms with Crippen LogP contribution in [0.1, 0.15) is 0 Å². The average molecular weight is 157 g/mol. The third-order valence-corrected chi connectivity index (χ3v) is 1.73. The van der Waals surface area contributed by atoms with Crippen LogP contribution in [0.5, 0.6) is 0 Å². The van der Waals surface area contributed by atoms with Crippen LogP contribution in [0.3, 0.4) is 0 Å². The molecule has 0 saturated heterocycles. The third kappa shape index (κ3) is 5.83. The number of rotatable bonds is 1. The molecule has 0 aromatic rings. The van der Waals surface area contributed by atoms with Crippen LogP contribution in [0.2, 0.25) is 19.6 Å². The molecule has 10 heavy (non-hydrogen) atoms. The van der Waals surface area contributed by atoms with Crippen molar-refractivity contribution in [1.82, 2.24) is 0 Å². The molecule has 0 aromatic carbocycles. The van der Waals surface area contributed by atoms with Crippen molar-refractivity contribution in [3.8, 4) is 11.5 Å². The zero-order chi connectivity index (χ0) is 8.20. The van der Waals surface area contributed by atoms with Gasteiger partial charge in [0.1, 0.15) is 14.2 Å². The van der Waals surface area contributed by atoms with E-state index in [0.717, 1.165) is 0 Å². The molecular weight excluding hydrogens is 142 g/mol. The van der Waals surface area contributed by atoms with Crippen LogP contribution in [0.15, 0.2) is 0 Å². The Morgan fingerprint density at radius 1 is 1.50 bits per heavy atom. The topological polar surface area (TPSA) is 46.2 Å². The summed E-state index contributed by atoms with van der Waals surface area (Å²) in [6.45, 7) is 6.62. The van der Waals surface area contributed by atoms with E-state index >= 15 is 0 Å². The fraction of sp³-hybridized carbons (Fsp3) is 0.714. The number of aliphatic hydroxyl groups is 1. The van der Waals surface area contributed by atoms with E-state index < -0.39 is 14.2 Å². The van der Waals surface area contributed by atoms with E-state index in [1.54, 1.807) is 0 Å². The zero-order valence-electron chi connectivity index (χ0n) is 6.81. The quantitative estimate of drug-likeness (QED) is 0.421. The molecule has 58 valence electrons. The molecule has 0 fully saturated rings. The van der Waals surface area contributed by atoms with Crippen molar-refractivity contribution in [2.24, 2.45) is 5.73 Å². The predicted octanol–water partition coefficient (Wildman–Crippen LogP) is 0.187. The van der Waals surface area contributed by atoms with Gasteiger partial charge in [0.2, 0.25) is 0 Å². The van der Waals surface area contributed by atoms with E-state index in [1.165, 1.54) is 0 Å². The molecule has 1 unspecified atom stereocenters. The van der Waals surface area contributed by atoms with Gasteiger partial charge in [-0.25, -0.2) is 0 Å². The van der Waals surface area contributed by atoms with Crippen molar-refractivity contribution in [1.29, 1.82) is 0 Å². The van der Waals surface area contributed by atoms with Gasteiger partial charge in [-0.15, -0.1) is 5.54 Å². The van der Waals surface area contributed by atoms with Gasteiger partial charge >= 0.3 is 0 Å². The standard InChI is InChI=1S/C7H15NOSi/c1-10(2,3)5-4-7(9)6-8/h7,9H,6,8H2,1-3H3. The molecule has 0 aliphatic carbocycles. The van der Waals surface area contributed by atoms with Crippen LogP contribution >= 0.6 is 0 Å². The van der Waals surface area contributed by atoms with E-state index in [1.807, 2.05) is 0 Å². The Morgan fingerprint density at radius 3 is 2.30 bits per heavy atom. The van der Waals surface area contributed by atoms with Crippen LogP contribution in [0.25, 0.3) is 0 Å². The van der Waals surface area contributed by atoms with Crippen LogP contribution in [-0.2, 0) is 0 Å². The van der Waals surface area contributed by atoms with Gasteiger partial charge in [0.15, 0.2) is 0 Å². The number of hydrogen-bond donors (Lipinski definition) is 2. The normalized spacial score (nSPS) is 13.7. The third-order valence-electron chi connectivity index (χ3n) is 0.837. The fourth-order valence-corrected chi connectivity index (χ4v) is 0.958. The summed E-state index contributed by atoms with van der Waals surface area (Å²) in [4.78, 5) is 0. The van der Waals surface area contributed by atoms with Crippen LogP contribution in [0, 0.1) is 11.5 Å². The highest BCUT2D eigenvalue weighted by molar-refractivity contribution is 6.83. The molecule has 0 saturated carbocycles. The molecular formula is C7H15NOSi. The van der Waals surface area contributed by atoms with Gasteiger partial charge in [-0.2, -0.15) is 0 Å². The SMILES string of the molecule is C[Si](C)(C)C#CC(O)CN. The Hall–Kier alpha value is -0.303. The van der Waals surface area contributed by atoms with Gasteiger partial charge in [-0.3, -0.25) is 0 Å². The Bertz CT molecular complexity index is 151. The molecule has 0 bridgehead atoms. The molecule has 0 spiro atoms. The lowest BCUT2D eigenvalue weighted by Gasteiger charge is -2.04. The largest absolute Gasteiger partial charge is 0.379 e. The first-order valence-electron chi connectivity index (χ1n) is 3.36. The lowest BCUT2D eigenvalue weighted by atomic mass is 10.4. The summed E-state index contributed by atoms with van der Waals surface area (Å²) in [7, 11) is -1.31. The van der Waals surface area contributed by atoms with Crippen LogP contribution in [0.4, 0.5) is 0 Å². The minimum Gasteiger partial charge on any atom is -0.379 e. The highest BCUT2D eigenvalue weighted by Crippen LogP contribution is 1.96. The monoisotopic (exact) mass is 157 g/mol. The van der Waals surface area contributed by atoms with Crippen LogP contribution < -0.4 is 5.73 Å². The lowest BCUT2D eigenvalue weighted by Crippen LogP contribution is -2.21. The first-order valence-corrected chi connectivity index (χ1v) is 6.86. The Balaban J connectivity index is 3.91. The van der Waals surface area contributed by atoms with E-state index in [9.17, 15) is 0 Å². The predicted molar refractivity (Wildman–Crippen MR) is 46.2 cm³/mol. The maximum absolute atomic E-state index is 8.94. The number of hydrogen-bond acceptors (Lipinski definition) is 2. The van der Waals surface area contributed by atoms with Gasteiger partial charge in [0, 0.05) is 6.54 Å². The maximum Gasteiger partial charge on any atom is 0.129 e. The van der Waals surface area contributed by atoms with Gasteiger partial charge < -0.3 is 10.8 Å². The molecule has 0 heterocycles. The van der Waals surface area contributed by atoms with Crippen molar-refractivity contribution < 1.29 is 5.11 Å². The summed E-state index contributed by atoms with van der Waals surface area (Å²) in [5, 5.41) is 8.94. The van der Waals surface area contributed by atoms with E-state index in [0.29, 0.717) is 0 Å². The van der Waals surface area contributed by atoms with Crippen molar-refractivity contribution in [2.45, 2.75) is 25.7 Å². The maximum atomic E-state index is 8.94. The van der Waals surface area contributed by atoms with Crippen molar-refractivity contribution in [3.05, 3.63) is 0 Å². The fourth-order valence-electron chi connectivity index (χ4n) is 0.359. The Kier molecular flexibility index (Phi) is 3.65. The molecule has 3 heteroatoms. The summed E-state index contributed by atoms with van der Waals surface area (Å²) in [6, 6.07) is 0. The highest BCUT2D eigenvalue weighted by Gasteiger charge is 2.07. The van der Waals surface area contributed by atoms with E-state index in [2.05, 4.69) is 31.1 Å². The summed E-state index contributed by atoms with van der Waals surface area (Å²) < 4.78 is 0. The molecule has 0 aliphatic rings. The van der Waals surface area contributed by atoms with Gasteiger partial charge in [-0.1, -0.05) is 25.6 Å². The second kappa shape index (κ2) is 3.77. The smallest absolute Gasteiger partial charge is 0.129 e. The Labute approximate surface area is 63.4 Å².